The molecule has 0 aromatic heterocycles. The highest BCUT2D eigenvalue weighted by molar-refractivity contribution is 7.21. The molecule has 1 fully saturated rings. The van der Waals surface area contributed by atoms with E-state index in [0.29, 0.717) is 13.5 Å². The first-order valence-corrected chi connectivity index (χ1v) is 4.22. The van der Waals surface area contributed by atoms with Gasteiger partial charge in [0.25, 0.3) is 13.5 Å². The average Bonchev–Trinajstić information content (AvgIpc) is 2.64. The van der Waals surface area contributed by atoms with Gasteiger partial charge in [0.15, 0.2) is 0 Å². The number of allylic oxidation sites excluding steroid dienone is 2. The van der Waals surface area contributed by atoms with Crippen molar-refractivity contribution in [2.45, 2.75) is 0 Å². The predicted molar refractivity (Wildman–Crippen MR) is 53.9 cm³/mol. The maximum atomic E-state index is 2.24. The molecule has 2 nitrogen and oxygen atoms in total. The highest BCUT2D eigenvalue weighted by Crippen LogP contribution is 2.05. The summed E-state index contributed by atoms with van der Waals surface area (Å²) < 4.78 is 4.48. The highest BCUT2D eigenvalue weighted by atomic mass is 14.9. The molecule has 0 aliphatic carbocycles. The molecule has 52 valence electrons. The molecule has 4 radical (unpaired) electrons. The predicted octanol–water partition coefficient (Wildman–Crippen LogP) is -1.40. The molecule has 12 heavy (non-hydrogen) atoms. The van der Waals surface area contributed by atoms with Crippen molar-refractivity contribution in [1.29, 1.82) is 0 Å². The first-order chi connectivity index (χ1) is 5.93. The van der Waals surface area contributed by atoms with Crippen LogP contribution in [0.4, 0.5) is 0 Å². The Hall–Kier alpha value is -0.920. The van der Waals surface area contributed by atoms with E-state index in [0.717, 1.165) is 0 Å². The van der Waals surface area contributed by atoms with Crippen LogP contribution in [0.2, 0.25) is 0 Å². The van der Waals surface area contributed by atoms with Crippen molar-refractivity contribution in [3.63, 3.8) is 0 Å². The second-order valence-corrected chi connectivity index (χ2v) is 3.24. The summed E-state index contributed by atoms with van der Waals surface area (Å²) in [4.78, 5) is 0. The maximum Gasteiger partial charge on any atom is 0.273 e. The largest absolute Gasteiger partial charge is 0.620 e. The molecule has 0 bridgehead atoms. The number of rotatable bonds is 0. The minimum absolute atomic E-state index is 0.442. The normalized spacial score (nSPS) is 24.0. The Balaban J connectivity index is 1.95. The van der Waals surface area contributed by atoms with Crippen LogP contribution in [0.25, 0.3) is 0 Å². The van der Waals surface area contributed by atoms with Gasteiger partial charge in [-0.25, -0.2) is 0 Å². The molecule has 0 N–H and O–H groups in total. The lowest BCUT2D eigenvalue weighted by molar-refractivity contribution is -0.248. The van der Waals surface area contributed by atoms with Crippen molar-refractivity contribution in [2.75, 3.05) is 0 Å². The van der Waals surface area contributed by atoms with Crippen LogP contribution in [-0.4, -0.2) is 49.3 Å². The topological polar surface area (TPSA) is 6.02 Å². The Morgan fingerprint density at radius 1 is 0.833 bits per heavy atom. The van der Waals surface area contributed by atoms with Crippen LogP contribution in [0.3, 0.4) is 0 Å². The van der Waals surface area contributed by atoms with Gasteiger partial charge in [0.05, 0.1) is 12.4 Å². The van der Waals surface area contributed by atoms with Crippen molar-refractivity contribution in [3.05, 3.63) is 24.1 Å². The third-order valence-electron chi connectivity index (χ3n) is 2.47. The van der Waals surface area contributed by atoms with E-state index in [1.807, 2.05) is 0 Å². The van der Waals surface area contributed by atoms with E-state index in [1.54, 1.807) is 0 Å². The summed E-state index contributed by atoms with van der Waals surface area (Å²) in [6.45, 7) is 0.884. The molecule has 0 amide bonds. The fourth-order valence-corrected chi connectivity index (χ4v) is 1.83. The Kier molecular flexibility index (Phi) is 1.25. The van der Waals surface area contributed by atoms with E-state index in [1.165, 1.54) is 0 Å². The first kappa shape index (κ1) is 6.58. The molecule has 3 aliphatic heterocycles. The van der Waals surface area contributed by atoms with Gasteiger partial charge in [-0.05, 0) is 12.2 Å². The number of hydrogen-bond donors (Lipinski definition) is 0. The molecule has 0 unspecified atom stereocenters. The zero-order valence-electron chi connectivity index (χ0n) is 6.67. The van der Waals surface area contributed by atoms with E-state index in [-0.39, 0.29) is 0 Å². The molecule has 3 rings (SSSR count). The molecule has 0 atom stereocenters. The first-order valence-electron chi connectivity index (χ1n) is 4.22. The summed E-state index contributed by atoms with van der Waals surface area (Å²) in [7, 11) is 4.48. The van der Waals surface area contributed by atoms with Crippen LogP contribution >= 0.6 is 0 Å². The summed E-state index contributed by atoms with van der Waals surface area (Å²) in [5.74, 6) is 4.39. The van der Waals surface area contributed by atoms with Crippen molar-refractivity contribution < 1.29 is 8.80 Å². The minimum Gasteiger partial charge on any atom is -0.620 e. The third-order valence-corrected chi connectivity index (χ3v) is 2.47. The molecule has 0 aromatic carbocycles. The van der Waals surface area contributed by atoms with Crippen LogP contribution < -0.4 is 0 Å². The molecule has 3 aliphatic rings. The van der Waals surface area contributed by atoms with Crippen molar-refractivity contribution in [3.8, 4) is 0 Å². The van der Waals surface area contributed by atoms with Gasteiger partial charge in [-0.1, -0.05) is 12.0 Å². The second-order valence-electron chi connectivity index (χ2n) is 3.24. The molecular formula is C6H6B4N2. The van der Waals surface area contributed by atoms with Gasteiger partial charge in [-0.15, -0.1) is 0 Å². The summed E-state index contributed by atoms with van der Waals surface area (Å²) >= 11 is 0. The molecule has 0 aromatic rings. The van der Waals surface area contributed by atoms with Gasteiger partial charge < -0.3 is 8.80 Å². The molecule has 0 spiro atoms. The van der Waals surface area contributed by atoms with Gasteiger partial charge >= 0.3 is 0 Å². The number of nitrogens with zero attached hydrogens (tertiary/aromatic N) is 2. The maximum absolute atomic E-state index is 2.24. The Morgan fingerprint density at radius 2 is 1.33 bits per heavy atom. The van der Waals surface area contributed by atoms with Crippen LogP contribution in [-0.2, 0) is 0 Å². The molecule has 1 saturated heterocycles. The van der Waals surface area contributed by atoms with Gasteiger partial charge in [0.1, 0.15) is 14.6 Å². The molecular weight excluding hydrogens is 143 g/mol. The quantitative estimate of drug-likeness (QED) is 0.374. The van der Waals surface area contributed by atoms with Gasteiger partial charge in [-0.2, -0.15) is 0 Å². The Bertz CT molecular complexity index is 309. The van der Waals surface area contributed by atoms with E-state index in [2.05, 4.69) is 59.9 Å². The third kappa shape index (κ3) is 0.808. The van der Waals surface area contributed by atoms with Gasteiger partial charge in [-0.3, -0.25) is 0 Å². The summed E-state index contributed by atoms with van der Waals surface area (Å²) in [6, 6.07) is 0. The molecule has 3 heterocycles. The smallest absolute Gasteiger partial charge is 0.273 e. The summed E-state index contributed by atoms with van der Waals surface area (Å²) in [6.07, 6.45) is 8.43. The Labute approximate surface area is 74.1 Å². The van der Waals surface area contributed by atoms with Gasteiger partial charge in [0, 0.05) is 0 Å². The van der Waals surface area contributed by atoms with Crippen LogP contribution in [0.1, 0.15) is 0 Å². The average molecular weight is 149 g/mol. The van der Waals surface area contributed by atoms with E-state index in [4.69, 9.17) is 0 Å². The van der Waals surface area contributed by atoms with Crippen molar-refractivity contribution >= 4 is 40.5 Å². The zero-order chi connectivity index (χ0) is 7.97. The summed E-state index contributed by atoms with van der Waals surface area (Å²) in [5.41, 5.74) is 0. The molecule has 6 heteroatoms. The fraction of sp³-hybridized carbons (Fsp3) is 0. The van der Waals surface area contributed by atoms with E-state index < -0.39 is 0 Å². The lowest BCUT2D eigenvalue weighted by Gasteiger charge is -2.35. The van der Waals surface area contributed by atoms with Crippen LogP contribution in [0.15, 0.2) is 24.1 Å². The second kappa shape index (κ2) is 2.28. The standard InChI is InChI=1S/C6H6B4N2/c1-3-9-7-12-6-2-4-10(12)8-11(9)5-1/h1-6H. The minimum atomic E-state index is 0.442. The Morgan fingerprint density at radius 3 is 1.83 bits per heavy atom. The number of hydrogen-bond acceptors (Lipinski definition) is 0. The van der Waals surface area contributed by atoms with E-state index >= 15 is 0 Å². The van der Waals surface area contributed by atoms with Crippen molar-refractivity contribution in [1.82, 2.24) is 0 Å². The van der Waals surface area contributed by atoms with E-state index in [9.17, 15) is 0 Å². The van der Waals surface area contributed by atoms with Crippen LogP contribution in [0.5, 0.6) is 0 Å². The SMILES string of the molecule is [B-]1B2C=CC=[N+]2[B-]B2C=CC=[N+]12. The van der Waals surface area contributed by atoms with Crippen molar-refractivity contribution in [2.24, 2.45) is 0 Å². The lowest BCUT2D eigenvalue weighted by atomic mass is 9.19. The molecule has 0 saturated carbocycles. The fourth-order valence-electron chi connectivity index (χ4n) is 1.83. The monoisotopic (exact) mass is 150 g/mol. The summed E-state index contributed by atoms with van der Waals surface area (Å²) in [5, 5.41) is 0. The van der Waals surface area contributed by atoms with Crippen LogP contribution in [0, 0.1) is 0 Å². The number of fused-ring (bicyclic) bond motifs is 2. The lowest BCUT2D eigenvalue weighted by Crippen LogP contribution is -2.57. The van der Waals surface area contributed by atoms with Gasteiger partial charge in [0.2, 0.25) is 0 Å². The highest BCUT2D eigenvalue weighted by Gasteiger charge is 2.29. The zero-order valence-corrected chi connectivity index (χ0v) is 6.67.